The Labute approximate surface area is 256 Å². The summed E-state index contributed by atoms with van der Waals surface area (Å²) in [6.45, 7) is 5.08. The van der Waals surface area contributed by atoms with Crippen LogP contribution in [0.2, 0.25) is 0 Å². The first-order valence-corrected chi connectivity index (χ1v) is 18.1. The number of unbranched alkanes of at least 4 members (excludes halogenated alkanes) is 12. The average molecular weight is 613 g/mol. The predicted octanol–water partition coefficient (Wildman–Crippen LogP) is 9.60. The average Bonchev–Trinajstić information content (AvgIpc) is 2.97. The third-order valence-corrected chi connectivity index (χ3v) is 9.17. The molecule has 2 N–H and O–H groups in total. The van der Waals surface area contributed by atoms with Crippen molar-refractivity contribution in [2.24, 2.45) is 0 Å². The smallest absolute Gasteiger partial charge is 0.309 e. The van der Waals surface area contributed by atoms with Crippen molar-refractivity contribution in [1.82, 2.24) is 0 Å². The largest absolute Gasteiger partial charge is 0.481 e. The highest BCUT2D eigenvalue weighted by molar-refractivity contribution is 7.99. The molecule has 0 bridgehead atoms. The third kappa shape index (κ3) is 20.5. The molecule has 0 radical (unpaired) electrons. The fraction of sp³-hybridized carbons (Fsp3) is 0.788. The molecule has 6 nitrogen and oxygen atoms in total. The predicted molar refractivity (Wildman–Crippen MR) is 172 cm³/mol. The molecular weight excluding hydrogens is 555 g/mol. The zero-order chi connectivity index (χ0) is 30.0. The number of benzene rings is 1. The summed E-state index contributed by atoms with van der Waals surface area (Å²) in [7, 11) is -0.757. The van der Waals surface area contributed by atoms with E-state index in [0.717, 1.165) is 25.0 Å². The Morgan fingerprint density at radius 2 is 1.46 bits per heavy atom. The zero-order valence-corrected chi connectivity index (χ0v) is 27.5. The molecule has 236 valence electrons. The fourth-order valence-corrected chi connectivity index (χ4v) is 6.38. The normalized spacial score (nSPS) is 14.6. The monoisotopic (exact) mass is 612 g/mol. The van der Waals surface area contributed by atoms with E-state index >= 15 is 0 Å². The Kier molecular flexibility index (Phi) is 23.7. The molecule has 0 aromatic heterocycles. The van der Waals surface area contributed by atoms with Gasteiger partial charge in [-0.05, 0) is 36.5 Å². The minimum Gasteiger partial charge on any atom is -0.481 e. The van der Waals surface area contributed by atoms with Gasteiger partial charge in [-0.1, -0.05) is 128 Å². The van der Waals surface area contributed by atoms with Crippen LogP contribution in [-0.2, 0) is 18.8 Å². The Hall–Kier alpha value is -0.980. The molecule has 0 saturated heterocycles. The number of carboxylic acids is 1. The molecule has 1 aromatic carbocycles. The second-order valence-corrected chi connectivity index (χ2v) is 13.2. The van der Waals surface area contributed by atoms with Crippen molar-refractivity contribution in [1.29, 1.82) is 0 Å². The van der Waals surface area contributed by atoms with Crippen LogP contribution in [0.5, 0.6) is 0 Å². The van der Waals surface area contributed by atoms with E-state index in [1.807, 2.05) is 0 Å². The molecule has 0 saturated carbocycles. The number of carbonyl (C=O) groups is 1. The van der Waals surface area contributed by atoms with E-state index in [1.165, 1.54) is 89.0 Å². The summed E-state index contributed by atoms with van der Waals surface area (Å²) in [4.78, 5) is 11.1. The number of ether oxygens (including phenoxy) is 2. The lowest BCUT2D eigenvalue weighted by Gasteiger charge is -2.24. The van der Waals surface area contributed by atoms with Crippen molar-refractivity contribution in [2.75, 3.05) is 24.7 Å². The van der Waals surface area contributed by atoms with E-state index in [-0.39, 0.29) is 12.7 Å². The van der Waals surface area contributed by atoms with Crippen LogP contribution in [-0.4, -0.2) is 52.5 Å². The molecule has 0 aliphatic heterocycles. The van der Waals surface area contributed by atoms with Gasteiger partial charge >= 0.3 is 5.97 Å². The lowest BCUT2D eigenvalue weighted by molar-refractivity contribution is -0.175. The number of aliphatic hydroxyl groups is 1. The van der Waals surface area contributed by atoms with Crippen LogP contribution in [0.25, 0.3) is 0 Å². The SMILES string of the molecule is CCCCCCCCCCOC(COC(O)(CC(=O)O)P=O)CSCCC(CCCCCCCC)c1ccccc1. The summed E-state index contributed by atoms with van der Waals surface area (Å²) in [6, 6.07) is 10.8. The molecule has 41 heavy (non-hydrogen) atoms. The van der Waals surface area contributed by atoms with Crippen LogP contribution >= 0.6 is 20.2 Å². The molecule has 0 aliphatic rings. The summed E-state index contributed by atoms with van der Waals surface area (Å²) in [5, 5.41) is 19.4. The van der Waals surface area contributed by atoms with Crippen molar-refractivity contribution in [3.05, 3.63) is 35.9 Å². The van der Waals surface area contributed by atoms with Crippen molar-refractivity contribution < 1.29 is 29.0 Å². The standard InChI is InChI=1S/C33H57O6PS/c1-3-5-7-9-11-12-14-19-24-38-31(27-39-33(36,40-37)26-32(34)35)28-41-25-23-30(29-20-17-15-18-21-29)22-16-13-10-8-6-4-2/h15,17-18,20-21,30-31,36H,3-14,16,19,22-28H2,1-2H3,(H,34,35). The van der Waals surface area contributed by atoms with Gasteiger partial charge in [-0.3, -0.25) is 9.36 Å². The molecule has 3 atom stereocenters. The van der Waals surface area contributed by atoms with Crippen LogP contribution in [0.1, 0.15) is 134 Å². The van der Waals surface area contributed by atoms with Crippen LogP contribution < -0.4 is 0 Å². The Morgan fingerprint density at radius 1 is 0.878 bits per heavy atom. The second-order valence-electron chi connectivity index (χ2n) is 11.2. The van der Waals surface area contributed by atoms with Gasteiger partial charge in [-0.15, -0.1) is 0 Å². The number of rotatable bonds is 29. The Balaban J connectivity index is 2.55. The first-order chi connectivity index (χ1) is 19.9. The number of hydrogen-bond acceptors (Lipinski definition) is 6. The molecule has 0 aliphatic carbocycles. The first-order valence-electron chi connectivity index (χ1n) is 16.1. The molecule has 1 rings (SSSR count). The summed E-state index contributed by atoms with van der Waals surface area (Å²) in [6.07, 6.45) is 18.7. The fourth-order valence-electron chi connectivity index (χ4n) is 4.98. The van der Waals surface area contributed by atoms with Crippen molar-refractivity contribution in [2.45, 2.75) is 141 Å². The highest BCUT2D eigenvalue weighted by Crippen LogP contribution is 2.29. The van der Waals surface area contributed by atoms with Gasteiger partial charge in [0.1, 0.15) is 6.42 Å². The number of carboxylic acid groups (broad SMARTS) is 1. The van der Waals surface area contributed by atoms with Crippen LogP contribution in [0.3, 0.4) is 0 Å². The van der Waals surface area contributed by atoms with E-state index < -0.39 is 26.4 Å². The van der Waals surface area contributed by atoms with Gasteiger partial charge in [0.25, 0.3) is 5.53 Å². The maximum atomic E-state index is 11.4. The molecule has 0 amide bonds. The van der Waals surface area contributed by atoms with E-state index in [4.69, 9.17) is 14.6 Å². The van der Waals surface area contributed by atoms with Crippen LogP contribution in [0.4, 0.5) is 0 Å². The van der Waals surface area contributed by atoms with E-state index in [2.05, 4.69) is 44.2 Å². The van der Waals surface area contributed by atoms with E-state index in [0.29, 0.717) is 18.3 Å². The van der Waals surface area contributed by atoms with E-state index in [9.17, 15) is 14.5 Å². The van der Waals surface area contributed by atoms with Gasteiger partial charge in [0.2, 0.25) is 8.46 Å². The molecule has 8 heteroatoms. The van der Waals surface area contributed by atoms with Gasteiger partial charge in [0, 0.05) is 12.4 Å². The highest BCUT2D eigenvalue weighted by Gasteiger charge is 2.33. The maximum absolute atomic E-state index is 11.4. The molecule has 3 unspecified atom stereocenters. The lowest BCUT2D eigenvalue weighted by Crippen LogP contribution is -2.34. The lowest BCUT2D eigenvalue weighted by atomic mass is 9.91. The Morgan fingerprint density at radius 3 is 2.05 bits per heavy atom. The van der Waals surface area contributed by atoms with Crippen molar-refractivity contribution in [3.63, 3.8) is 0 Å². The molecule has 0 fully saturated rings. The zero-order valence-electron chi connectivity index (χ0n) is 25.8. The summed E-state index contributed by atoms with van der Waals surface area (Å²) in [5.74, 6) is 0.919. The first kappa shape index (κ1) is 38.0. The highest BCUT2D eigenvalue weighted by atomic mass is 32.2. The number of aliphatic carboxylic acids is 1. The Bertz CT molecular complexity index is 767. The van der Waals surface area contributed by atoms with Crippen LogP contribution in [0, 0.1) is 0 Å². The second kappa shape index (κ2) is 25.5. The van der Waals surface area contributed by atoms with Gasteiger partial charge in [-0.25, -0.2) is 0 Å². The van der Waals surface area contributed by atoms with E-state index in [1.54, 1.807) is 11.8 Å². The molecule has 0 heterocycles. The molecular formula is C33H57O6PS. The van der Waals surface area contributed by atoms with Gasteiger partial charge in [0.05, 0.1) is 12.7 Å². The quantitative estimate of drug-likeness (QED) is 0.0528. The third-order valence-electron chi connectivity index (χ3n) is 7.47. The van der Waals surface area contributed by atoms with Crippen LogP contribution in [0.15, 0.2) is 30.3 Å². The summed E-state index contributed by atoms with van der Waals surface area (Å²) < 4.78 is 23.0. The number of thioether (sulfide) groups is 1. The minimum absolute atomic E-state index is 0.00289. The molecule has 1 aromatic rings. The topological polar surface area (TPSA) is 93.1 Å². The minimum atomic E-state index is -2.23. The van der Waals surface area contributed by atoms with Gasteiger partial charge < -0.3 is 19.7 Å². The summed E-state index contributed by atoms with van der Waals surface area (Å²) >= 11 is 1.80. The van der Waals surface area contributed by atoms with Gasteiger partial charge in [0.15, 0.2) is 0 Å². The summed E-state index contributed by atoms with van der Waals surface area (Å²) in [5.41, 5.74) is -0.827. The van der Waals surface area contributed by atoms with Crippen molar-refractivity contribution >= 4 is 26.2 Å². The van der Waals surface area contributed by atoms with Gasteiger partial charge in [-0.2, -0.15) is 11.8 Å². The maximum Gasteiger partial charge on any atom is 0.309 e. The molecule has 0 spiro atoms. The van der Waals surface area contributed by atoms with Crippen molar-refractivity contribution in [3.8, 4) is 0 Å². The number of hydrogen-bond donors (Lipinski definition) is 2.